The molecule has 2 aromatic heterocycles. The topological polar surface area (TPSA) is 81.5 Å². The zero-order valence-electron chi connectivity index (χ0n) is 21.5. The van der Waals surface area contributed by atoms with Crippen molar-refractivity contribution in [3.8, 4) is 16.9 Å². The van der Waals surface area contributed by atoms with Gasteiger partial charge in [0.2, 0.25) is 0 Å². The predicted molar refractivity (Wildman–Crippen MR) is 149 cm³/mol. The molecule has 8 nitrogen and oxygen atoms in total. The fourth-order valence-corrected chi connectivity index (χ4v) is 4.79. The van der Waals surface area contributed by atoms with Gasteiger partial charge in [-0.05, 0) is 41.3 Å². The molecule has 1 fully saturated rings. The summed E-state index contributed by atoms with van der Waals surface area (Å²) in [5.74, 6) is 2.08. The van der Waals surface area contributed by atoms with Crippen LogP contribution >= 0.6 is 11.8 Å². The maximum absolute atomic E-state index is 12.8. The summed E-state index contributed by atoms with van der Waals surface area (Å²) in [5, 5.41) is 10.5. The number of nitrogens with zero attached hydrogens (tertiary/aromatic N) is 4. The molecule has 1 amide bonds. The van der Waals surface area contributed by atoms with Gasteiger partial charge < -0.3 is 19.7 Å². The molecule has 5 rings (SSSR count). The molecular formula is C28H31N5O3S. The average Bonchev–Trinajstić information content (AvgIpc) is 3.36. The monoisotopic (exact) mass is 517 g/mol. The lowest BCUT2D eigenvalue weighted by atomic mass is 10.0. The molecule has 1 saturated heterocycles. The Morgan fingerprint density at radius 2 is 1.92 bits per heavy atom. The fraction of sp³-hybridized carbons (Fsp3) is 0.321. The number of fused-ring (bicyclic) bond motifs is 1. The Hall–Kier alpha value is -3.56. The lowest BCUT2D eigenvalue weighted by molar-refractivity contribution is -0.0192. The van der Waals surface area contributed by atoms with E-state index < -0.39 is 0 Å². The number of anilines is 2. The van der Waals surface area contributed by atoms with Gasteiger partial charge in [-0.15, -0.1) is 11.8 Å². The van der Waals surface area contributed by atoms with Gasteiger partial charge in [0.1, 0.15) is 11.6 Å². The van der Waals surface area contributed by atoms with E-state index >= 15 is 0 Å². The number of thioether (sulfide) groups is 1. The minimum absolute atomic E-state index is 0.0272. The van der Waals surface area contributed by atoms with Crippen molar-refractivity contribution in [3.63, 3.8) is 0 Å². The van der Waals surface area contributed by atoms with Crippen molar-refractivity contribution in [2.75, 3.05) is 32.6 Å². The molecule has 4 aromatic rings. The molecule has 0 aliphatic carbocycles. The quantitative estimate of drug-likeness (QED) is 0.317. The number of ether oxygens (including phenoxy) is 2. The summed E-state index contributed by atoms with van der Waals surface area (Å²) >= 11 is 1.86. The highest BCUT2D eigenvalue weighted by molar-refractivity contribution is 7.98. The highest BCUT2D eigenvalue weighted by atomic mass is 32.2. The standard InChI is InChI=1S/C28H31N5O3S/c1-18(2)37-17-33-14-23(13-30-33)19-5-6-21-12-29-27(11-22(21)9-19)31-25-8-7-20(10-26(25)36-4)28(34)32-15-24(16-32)35-3/h5-14,18,24H,15-17H2,1-4H3,(H,29,31). The lowest BCUT2D eigenvalue weighted by Crippen LogP contribution is -2.54. The van der Waals surface area contributed by atoms with Crippen LogP contribution < -0.4 is 10.1 Å². The summed E-state index contributed by atoms with van der Waals surface area (Å²) in [5.41, 5.74) is 3.51. The Labute approximate surface area is 221 Å². The largest absolute Gasteiger partial charge is 0.495 e. The Morgan fingerprint density at radius 1 is 1.08 bits per heavy atom. The van der Waals surface area contributed by atoms with Crippen molar-refractivity contribution in [3.05, 3.63) is 66.6 Å². The van der Waals surface area contributed by atoms with Gasteiger partial charge in [0, 0.05) is 54.4 Å². The first-order valence-electron chi connectivity index (χ1n) is 12.2. The molecule has 9 heteroatoms. The number of hydrogen-bond acceptors (Lipinski definition) is 7. The second-order valence-electron chi connectivity index (χ2n) is 9.35. The molecule has 0 radical (unpaired) electrons. The smallest absolute Gasteiger partial charge is 0.254 e. The number of carbonyl (C=O) groups is 1. The first kappa shape index (κ1) is 25.1. The normalized spacial score (nSPS) is 13.7. The van der Waals surface area contributed by atoms with E-state index in [0.717, 1.165) is 33.5 Å². The Balaban J connectivity index is 1.34. The van der Waals surface area contributed by atoms with Crippen molar-refractivity contribution in [1.82, 2.24) is 19.7 Å². The summed E-state index contributed by atoms with van der Waals surface area (Å²) in [6, 6.07) is 13.8. The molecular weight excluding hydrogens is 486 g/mol. The van der Waals surface area contributed by atoms with Crippen LogP contribution in [0.5, 0.6) is 5.75 Å². The number of rotatable bonds is 9. The number of pyridine rings is 1. The fourth-order valence-electron chi connectivity index (χ4n) is 4.20. The van der Waals surface area contributed by atoms with E-state index in [1.165, 1.54) is 0 Å². The number of methoxy groups -OCH3 is 2. The molecule has 0 bridgehead atoms. The molecule has 0 unspecified atom stereocenters. The van der Waals surface area contributed by atoms with Crippen molar-refractivity contribution >= 4 is 39.9 Å². The summed E-state index contributed by atoms with van der Waals surface area (Å²) < 4.78 is 12.8. The molecule has 0 saturated carbocycles. The number of benzene rings is 2. The molecule has 37 heavy (non-hydrogen) atoms. The van der Waals surface area contributed by atoms with E-state index in [1.807, 2.05) is 47.0 Å². The molecule has 3 heterocycles. The van der Waals surface area contributed by atoms with Crippen LogP contribution in [0.2, 0.25) is 0 Å². The van der Waals surface area contributed by atoms with Crippen molar-refractivity contribution in [2.45, 2.75) is 31.1 Å². The number of amides is 1. The summed E-state index contributed by atoms with van der Waals surface area (Å²) in [6.45, 7) is 5.59. The van der Waals surface area contributed by atoms with E-state index in [-0.39, 0.29) is 12.0 Å². The van der Waals surface area contributed by atoms with Crippen molar-refractivity contribution in [1.29, 1.82) is 0 Å². The average molecular weight is 518 g/mol. The van der Waals surface area contributed by atoms with Crippen LogP contribution in [0.4, 0.5) is 11.5 Å². The van der Waals surface area contributed by atoms with Crippen molar-refractivity contribution < 1.29 is 14.3 Å². The van der Waals surface area contributed by atoms with E-state index in [0.29, 0.717) is 35.5 Å². The summed E-state index contributed by atoms with van der Waals surface area (Å²) in [6.07, 6.45) is 5.96. The number of hydrogen-bond donors (Lipinski definition) is 1. The van der Waals surface area contributed by atoms with Gasteiger partial charge in [0.25, 0.3) is 5.91 Å². The number of likely N-dealkylation sites (tertiary alicyclic amines) is 1. The zero-order chi connectivity index (χ0) is 25.9. The Morgan fingerprint density at radius 3 is 2.68 bits per heavy atom. The first-order chi connectivity index (χ1) is 17.9. The van der Waals surface area contributed by atoms with Gasteiger partial charge in [-0.3, -0.25) is 9.48 Å². The molecule has 1 aliphatic rings. The van der Waals surface area contributed by atoms with Crippen LogP contribution in [-0.4, -0.2) is 64.2 Å². The zero-order valence-corrected chi connectivity index (χ0v) is 22.3. The van der Waals surface area contributed by atoms with Gasteiger partial charge >= 0.3 is 0 Å². The van der Waals surface area contributed by atoms with Crippen LogP contribution in [0.25, 0.3) is 21.9 Å². The van der Waals surface area contributed by atoms with E-state index in [4.69, 9.17) is 9.47 Å². The molecule has 0 spiro atoms. The highest BCUT2D eigenvalue weighted by Crippen LogP contribution is 2.31. The lowest BCUT2D eigenvalue weighted by Gasteiger charge is -2.38. The number of nitrogens with one attached hydrogen (secondary N) is 1. The van der Waals surface area contributed by atoms with Gasteiger partial charge in [-0.25, -0.2) is 4.98 Å². The second kappa shape index (κ2) is 10.8. The summed E-state index contributed by atoms with van der Waals surface area (Å²) in [7, 11) is 3.26. The van der Waals surface area contributed by atoms with E-state index in [2.05, 4.69) is 53.6 Å². The van der Waals surface area contributed by atoms with Gasteiger partial charge in [-0.1, -0.05) is 26.0 Å². The second-order valence-corrected chi connectivity index (χ2v) is 10.9. The van der Waals surface area contributed by atoms with Crippen LogP contribution in [0.1, 0.15) is 24.2 Å². The number of aromatic nitrogens is 3. The minimum atomic E-state index is -0.0272. The van der Waals surface area contributed by atoms with Crippen LogP contribution in [0, 0.1) is 0 Å². The third-order valence-electron chi connectivity index (χ3n) is 6.41. The van der Waals surface area contributed by atoms with Crippen molar-refractivity contribution in [2.24, 2.45) is 0 Å². The highest BCUT2D eigenvalue weighted by Gasteiger charge is 2.31. The Kier molecular flexibility index (Phi) is 7.34. The Bertz CT molecular complexity index is 1410. The first-order valence-corrected chi connectivity index (χ1v) is 13.3. The van der Waals surface area contributed by atoms with Crippen LogP contribution in [0.15, 0.2) is 61.1 Å². The van der Waals surface area contributed by atoms with Gasteiger partial charge in [-0.2, -0.15) is 5.10 Å². The third kappa shape index (κ3) is 5.57. The number of carbonyl (C=O) groups excluding carboxylic acids is 1. The predicted octanol–water partition coefficient (Wildman–Crippen LogP) is 5.42. The summed E-state index contributed by atoms with van der Waals surface area (Å²) in [4.78, 5) is 19.1. The van der Waals surface area contributed by atoms with Gasteiger partial charge in [0.15, 0.2) is 0 Å². The minimum Gasteiger partial charge on any atom is -0.495 e. The molecule has 192 valence electrons. The molecule has 2 aromatic carbocycles. The molecule has 1 N–H and O–H groups in total. The van der Waals surface area contributed by atoms with E-state index in [9.17, 15) is 4.79 Å². The third-order valence-corrected chi connectivity index (χ3v) is 7.49. The maximum atomic E-state index is 12.8. The van der Waals surface area contributed by atoms with E-state index in [1.54, 1.807) is 25.2 Å². The SMILES string of the molecule is COc1cc(C(=O)N2CC(OC)C2)ccc1Nc1cc2cc(-c3cnn(CSC(C)C)c3)ccc2cn1. The van der Waals surface area contributed by atoms with Crippen LogP contribution in [0.3, 0.4) is 0 Å². The molecule has 1 aliphatic heterocycles. The van der Waals surface area contributed by atoms with Crippen LogP contribution in [-0.2, 0) is 10.6 Å². The maximum Gasteiger partial charge on any atom is 0.254 e. The van der Waals surface area contributed by atoms with Gasteiger partial charge in [0.05, 0.1) is 31.0 Å². The molecule has 0 atom stereocenters.